The van der Waals surface area contributed by atoms with Gasteiger partial charge in [-0.3, -0.25) is 4.79 Å². The predicted molar refractivity (Wildman–Crippen MR) is 74.4 cm³/mol. The highest BCUT2D eigenvalue weighted by Crippen LogP contribution is 2.61. The Labute approximate surface area is 125 Å². The summed E-state index contributed by atoms with van der Waals surface area (Å²) in [5.74, 6) is 1.76. The fraction of sp³-hybridized carbons (Fsp3) is 0.875. The monoisotopic (exact) mass is 293 g/mol. The van der Waals surface area contributed by atoms with Crippen LogP contribution in [0, 0.1) is 29.6 Å². The number of carbonyl (C=O) groups excluding carboxylic acids is 2. The molecule has 116 valence electrons. The van der Waals surface area contributed by atoms with E-state index in [1.807, 2.05) is 0 Å². The van der Waals surface area contributed by atoms with Gasteiger partial charge >= 0.3 is 12.1 Å². The van der Waals surface area contributed by atoms with Crippen LogP contribution in [0.5, 0.6) is 0 Å². The number of nitrogens with zero attached hydrogens (tertiary/aromatic N) is 1. The Kier molecular flexibility index (Phi) is 3.12. The van der Waals surface area contributed by atoms with Crippen molar-refractivity contribution in [2.24, 2.45) is 29.6 Å². The smallest absolute Gasteiger partial charge is 0.409 e. The van der Waals surface area contributed by atoms with Crippen LogP contribution >= 0.6 is 0 Å². The van der Waals surface area contributed by atoms with Gasteiger partial charge in [0.25, 0.3) is 0 Å². The van der Waals surface area contributed by atoms with Crippen LogP contribution in [0.15, 0.2) is 0 Å². The molecule has 21 heavy (non-hydrogen) atoms. The first-order valence-electron chi connectivity index (χ1n) is 8.29. The molecule has 2 saturated carbocycles. The molecule has 5 heteroatoms. The van der Waals surface area contributed by atoms with Crippen molar-refractivity contribution in [1.82, 2.24) is 4.90 Å². The second-order valence-corrected chi connectivity index (χ2v) is 7.13. The first-order chi connectivity index (χ1) is 10.2. The average molecular weight is 293 g/mol. The van der Waals surface area contributed by atoms with Crippen LogP contribution in [0.2, 0.25) is 0 Å². The molecule has 2 saturated heterocycles. The second kappa shape index (κ2) is 4.89. The molecule has 4 fully saturated rings. The van der Waals surface area contributed by atoms with Crippen LogP contribution in [0.1, 0.15) is 32.6 Å². The zero-order chi connectivity index (χ0) is 14.6. The standard InChI is InChI=1S/C16H23NO4/c1-9-10-7-11-13(10)14(21-15(11)18)12(9)8-20-16(19)17-5-3-2-4-6-17/h9-14H,2-8H2,1H3. The summed E-state index contributed by atoms with van der Waals surface area (Å²) in [6.07, 6.45) is 4.11. The number of piperidine rings is 1. The van der Waals surface area contributed by atoms with Crippen molar-refractivity contribution in [2.75, 3.05) is 19.7 Å². The second-order valence-electron chi connectivity index (χ2n) is 7.13. The molecule has 0 aromatic rings. The van der Waals surface area contributed by atoms with E-state index in [4.69, 9.17) is 9.47 Å². The van der Waals surface area contributed by atoms with Crippen LogP contribution in [0.25, 0.3) is 0 Å². The molecule has 6 unspecified atom stereocenters. The van der Waals surface area contributed by atoms with Crippen molar-refractivity contribution in [3.63, 3.8) is 0 Å². The summed E-state index contributed by atoms with van der Waals surface area (Å²) in [6.45, 7) is 4.23. The van der Waals surface area contributed by atoms with E-state index in [0.29, 0.717) is 24.4 Å². The van der Waals surface area contributed by atoms with Gasteiger partial charge in [0.1, 0.15) is 6.10 Å². The predicted octanol–water partition coefficient (Wildman–Crippen LogP) is 2.05. The number of esters is 1. The molecule has 0 bridgehead atoms. The summed E-state index contributed by atoms with van der Waals surface area (Å²) in [6, 6.07) is 0. The lowest BCUT2D eigenvalue weighted by Gasteiger charge is -2.36. The van der Waals surface area contributed by atoms with Gasteiger partial charge in [-0.1, -0.05) is 6.92 Å². The topological polar surface area (TPSA) is 55.8 Å². The Balaban J connectivity index is 1.36. The molecular formula is C16H23NO4. The lowest BCUT2D eigenvalue weighted by Crippen LogP contribution is -2.38. The molecule has 4 aliphatic rings. The molecular weight excluding hydrogens is 270 g/mol. The van der Waals surface area contributed by atoms with Gasteiger partial charge in [0, 0.05) is 24.9 Å². The summed E-state index contributed by atoms with van der Waals surface area (Å²) < 4.78 is 11.1. The summed E-state index contributed by atoms with van der Waals surface area (Å²) in [4.78, 5) is 25.6. The lowest BCUT2D eigenvalue weighted by atomic mass is 9.65. The quantitative estimate of drug-likeness (QED) is 0.731. The largest absolute Gasteiger partial charge is 0.461 e. The number of ether oxygens (including phenoxy) is 2. The molecule has 2 aliphatic carbocycles. The van der Waals surface area contributed by atoms with Crippen molar-refractivity contribution in [3.8, 4) is 0 Å². The maximum absolute atomic E-state index is 12.1. The highest BCUT2D eigenvalue weighted by molar-refractivity contribution is 5.77. The highest BCUT2D eigenvalue weighted by atomic mass is 16.6. The lowest BCUT2D eigenvalue weighted by molar-refractivity contribution is -0.149. The molecule has 0 N–H and O–H groups in total. The van der Waals surface area contributed by atoms with Gasteiger partial charge in [-0.05, 0) is 37.5 Å². The van der Waals surface area contributed by atoms with E-state index >= 15 is 0 Å². The van der Waals surface area contributed by atoms with Crippen molar-refractivity contribution in [1.29, 1.82) is 0 Å². The molecule has 0 radical (unpaired) electrons. The number of hydrogen-bond donors (Lipinski definition) is 0. The van der Waals surface area contributed by atoms with E-state index < -0.39 is 0 Å². The van der Waals surface area contributed by atoms with Crippen molar-refractivity contribution >= 4 is 12.1 Å². The van der Waals surface area contributed by atoms with Crippen molar-refractivity contribution < 1.29 is 19.1 Å². The normalized spacial score (nSPS) is 44.0. The van der Waals surface area contributed by atoms with E-state index in [1.165, 1.54) is 6.42 Å². The molecule has 5 nitrogen and oxygen atoms in total. The molecule has 6 atom stereocenters. The minimum Gasteiger partial charge on any atom is -0.461 e. The summed E-state index contributed by atoms with van der Waals surface area (Å²) in [5, 5.41) is 0. The minimum absolute atomic E-state index is 0.00888. The summed E-state index contributed by atoms with van der Waals surface area (Å²) in [5.41, 5.74) is 0. The number of likely N-dealkylation sites (tertiary alicyclic amines) is 1. The number of rotatable bonds is 2. The van der Waals surface area contributed by atoms with Gasteiger partial charge in [-0.15, -0.1) is 0 Å². The molecule has 4 rings (SSSR count). The Morgan fingerprint density at radius 3 is 2.86 bits per heavy atom. The van der Waals surface area contributed by atoms with Gasteiger partial charge < -0.3 is 14.4 Å². The SMILES string of the molecule is CC1C(COC(=O)N2CCCCC2)C2OC(=O)C3CC1C32. The van der Waals surface area contributed by atoms with Gasteiger partial charge in [0.15, 0.2) is 0 Å². The minimum atomic E-state index is -0.193. The third kappa shape index (κ3) is 1.96. The van der Waals surface area contributed by atoms with E-state index in [1.54, 1.807) is 4.90 Å². The van der Waals surface area contributed by atoms with Gasteiger partial charge in [-0.2, -0.15) is 0 Å². The highest BCUT2D eigenvalue weighted by Gasteiger charge is 2.66. The zero-order valence-electron chi connectivity index (χ0n) is 12.5. The Morgan fingerprint density at radius 1 is 1.33 bits per heavy atom. The fourth-order valence-electron chi connectivity index (χ4n) is 4.87. The molecule has 1 amide bonds. The fourth-order valence-corrected chi connectivity index (χ4v) is 4.87. The average Bonchev–Trinajstić information content (AvgIpc) is 2.80. The first kappa shape index (κ1) is 13.4. The third-order valence-corrected chi connectivity index (χ3v) is 6.21. The maximum atomic E-state index is 12.1. The molecule has 0 spiro atoms. The van der Waals surface area contributed by atoms with Crippen molar-refractivity contribution in [3.05, 3.63) is 0 Å². The Hall–Kier alpha value is -1.26. The summed E-state index contributed by atoms with van der Waals surface area (Å²) >= 11 is 0. The number of hydrogen-bond acceptors (Lipinski definition) is 4. The van der Waals surface area contributed by atoms with E-state index in [-0.39, 0.29) is 30.0 Å². The Morgan fingerprint density at radius 2 is 2.10 bits per heavy atom. The molecule has 2 heterocycles. The van der Waals surface area contributed by atoms with Crippen LogP contribution in [0.3, 0.4) is 0 Å². The van der Waals surface area contributed by atoms with Gasteiger partial charge in [-0.25, -0.2) is 4.79 Å². The number of amides is 1. The van der Waals surface area contributed by atoms with E-state index in [9.17, 15) is 9.59 Å². The third-order valence-electron chi connectivity index (χ3n) is 6.21. The van der Waals surface area contributed by atoms with E-state index in [2.05, 4.69) is 6.92 Å². The van der Waals surface area contributed by atoms with Crippen LogP contribution in [-0.2, 0) is 14.3 Å². The molecule has 2 aliphatic heterocycles. The van der Waals surface area contributed by atoms with E-state index in [0.717, 1.165) is 32.4 Å². The first-order valence-corrected chi connectivity index (χ1v) is 8.29. The molecule has 0 aromatic carbocycles. The Bertz CT molecular complexity index is 459. The van der Waals surface area contributed by atoms with Gasteiger partial charge in [0.05, 0.1) is 12.5 Å². The van der Waals surface area contributed by atoms with Crippen LogP contribution < -0.4 is 0 Å². The zero-order valence-corrected chi connectivity index (χ0v) is 12.5. The molecule has 0 aromatic heterocycles. The van der Waals surface area contributed by atoms with Crippen LogP contribution in [0.4, 0.5) is 4.79 Å². The number of carbonyl (C=O) groups is 2. The maximum Gasteiger partial charge on any atom is 0.409 e. The van der Waals surface area contributed by atoms with Crippen molar-refractivity contribution in [2.45, 2.75) is 38.7 Å². The summed E-state index contributed by atoms with van der Waals surface area (Å²) in [7, 11) is 0. The van der Waals surface area contributed by atoms with Crippen LogP contribution in [-0.4, -0.2) is 42.8 Å². The van der Waals surface area contributed by atoms with Gasteiger partial charge in [0.2, 0.25) is 0 Å².